The van der Waals surface area contributed by atoms with E-state index < -0.39 is 14.8 Å². The summed E-state index contributed by atoms with van der Waals surface area (Å²) in [6.45, 7) is 0. The van der Waals surface area contributed by atoms with E-state index >= 15 is 0 Å². The topological polar surface area (TPSA) is 106 Å². The Morgan fingerprint density at radius 3 is 2.33 bits per heavy atom. The van der Waals surface area contributed by atoms with E-state index in [9.17, 15) is 18.5 Å². The van der Waals surface area contributed by atoms with Gasteiger partial charge in [-0.25, -0.2) is 18.4 Å². The molecule has 0 fully saturated rings. The Morgan fingerprint density at radius 1 is 1.28 bits per heavy atom. The highest BCUT2D eigenvalue weighted by molar-refractivity contribution is 7.90. The SMILES string of the molecule is CS(=O)(=O)c1ccc(-c2ncc([N+](=O)[O-])[nH]2)cc1. The second-order valence-electron chi connectivity index (χ2n) is 3.67. The molecule has 2 rings (SSSR count). The van der Waals surface area contributed by atoms with Gasteiger partial charge in [-0.15, -0.1) is 0 Å². The van der Waals surface area contributed by atoms with Crippen LogP contribution in [0.5, 0.6) is 0 Å². The highest BCUT2D eigenvalue weighted by atomic mass is 32.2. The maximum atomic E-state index is 11.3. The van der Waals surface area contributed by atoms with Crippen LogP contribution in [0.15, 0.2) is 35.4 Å². The summed E-state index contributed by atoms with van der Waals surface area (Å²) in [5, 5.41) is 10.5. The minimum absolute atomic E-state index is 0.187. The molecule has 94 valence electrons. The smallest absolute Gasteiger partial charge is 0.340 e. The number of benzene rings is 1. The normalized spacial score (nSPS) is 11.4. The van der Waals surface area contributed by atoms with Gasteiger partial charge in [0.25, 0.3) is 0 Å². The third-order valence-corrected chi connectivity index (χ3v) is 3.44. The molecule has 1 N–H and O–H groups in total. The van der Waals surface area contributed by atoms with Gasteiger partial charge >= 0.3 is 5.82 Å². The van der Waals surface area contributed by atoms with Crippen LogP contribution >= 0.6 is 0 Å². The molecule has 0 saturated heterocycles. The van der Waals surface area contributed by atoms with Gasteiger partial charge in [-0.05, 0) is 29.2 Å². The summed E-state index contributed by atoms with van der Waals surface area (Å²) in [6.07, 6.45) is 2.22. The van der Waals surface area contributed by atoms with Crippen molar-refractivity contribution in [3.05, 3.63) is 40.6 Å². The van der Waals surface area contributed by atoms with Gasteiger partial charge < -0.3 is 10.1 Å². The predicted octanol–water partition coefficient (Wildman–Crippen LogP) is 1.39. The van der Waals surface area contributed by atoms with Crippen LogP contribution in [0.2, 0.25) is 0 Å². The summed E-state index contributed by atoms with van der Waals surface area (Å²) in [5.41, 5.74) is 0.579. The average molecular weight is 267 g/mol. The number of aromatic amines is 1. The van der Waals surface area contributed by atoms with Crippen molar-refractivity contribution in [3.8, 4) is 11.4 Å². The zero-order valence-corrected chi connectivity index (χ0v) is 10.1. The molecule has 1 aromatic carbocycles. The third-order valence-electron chi connectivity index (χ3n) is 2.32. The first-order valence-electron chi connectivity index (χ1n) is 4.88. The molecule has 1 heterocycles. The van der Waals surface area contributed by atoms with Crippen LogP contribution < -0.4 is 0 Å². The van der Waals surface area contributed by atoms with E-state index in [1.807, 2.05) is 0 Å². The van der Waals surface area contributed by atoms with Crippen LogP contribution in [0, 0.1) is 10.1 Å². The summed E-state index contributed by atoms with van der Waals surface area (Å²) in [6, 6.07) is 5.94. The number of nitrogens with one attached hydrogen (secondary N) is 1. The van der Waals surface area contributed by atoms with E-state index in [-0.39, 0.29) is 10.7 Å². The molecule has 0 saturated carbocycles. The van der Waals surface area contributed by atoms with Crippen LogP contribution in [0.1, 0.15) is 0 Å². The number of nitrogens with zero attached hydrogens (tertiary/aromatic N) is 2. The lowest BCUT2D eigenvalue weighted by atomic mass is 10.2. The molecule has 0 aliphatic carbocycles. The van der Waals surface area contributed by atoms with Crippen molar-refractivity contribution >= 4 is 15.7 Å². The van der Waals surface area contributed by atoms with Crippen molar-refractivity contribution in [2.24, 2.45) is 0 Å². The Kier molecular flexibility index (Phi) is 2.87. The molecule has 0 amide bonds. The zero-order chi connectivity index (χ0) is 13.3. The third kappa shape index (κ3) is 2.38. The first-order chi connectivity index (χ1) is 8.38. The molecule has 0 atom stereocenters. The van der Waals surface area contributed by atoms with Crippen LogP contribution in [0.3, 0.4) is 0 Å². The first kappa shape index (κ1) is 12.2. The Labute approximate surface area is 103 Å². The molecule has 0 aliphatic rings. The van der Waals surface area contributed by atoms with E-state index in [0.717, 1.165) is 12.5 Å². The molecule has 18 heavy (non-hydrogen) atoms. The van der Waals surface area contributed by atoms with Crippen molar-refractivity contribution in [3.63, 3.8) is 0 Å². The van der Waals surface area contributed by atoms with E-state index in [4.69, 9.17) is 0 Å². The number of rotatable bonds is 3. The Balaban J connectivity index is 2.37. The van der Waals surface area contributed by atoms with Crippen molar-refractivity contribution in [2.45, 2.75) is 4.90 Å². The van der Waals surface area contributed by atoms with Gasteiger partial charge in [0.1, 0.15) is 6.20 Å². The highest BCUT2D eigenvalue weighted by Gasteiger charge is 2.13. The molecule has 8 heteroatoms. The van der Waals surface area contributed by atoms with Crippen LogP contribution in [0.25, 0.3) is 11.4 Å². The quantitative estimate of drug-likeness (QED) is 0.668. The number of nitro groups is 1. The fraction of sp³-hybridized carbons (Fsp3) is 0.100. The van der Waals surface area contributed by atoms with E-state index in [1.54, 1.807) is 12.1 Å². The molecule has 0 spiro atoms. The minimum Gasteiger partial charge on any atom is -0.358 e. The van der Waals surface area contributed by atoms with Gasteiger partial charge in [0.15, 0.2) is 9.84 Å². The standard InChI is InChI=1S/C10H9N3O4S/c1-18(16,17)8-4-2-7(3-5-8)10-11-6-9(12-10)13(14)15/h2-6H,1H3,(H,11,12). The first-order valence-corrected chi connectivity index (χ1v) is 6.77. The van der Waals surface area contributed by atoms with Gasteiger partial charge in [0.2, 0.25) is 5.82 Å². The monoisotopic (exact) mass is 267 g/mol. The largest absolute Gasteiger partial charge is 0.358 e. The van der Waals surface area contributed by atoms with E-state index in [2.05, 4.69) is 9.97 Å². The van der Waals surface area contributed by atoms with E-state index in [1.165, 1.54) is 12.1 Å². The van der Waals surface area contributed by atoms with Crippen molar-refractivity contribution < 1.29 is 13.3 Å². The number of H-pyrrole nitrogens is 1. The lowest BCUT2D eigenvalue weighted by molar-refractivity contribution is -0.389. The molecule has 0 bridgehead atoms. The maximum absolute atomic E-state index is 11.3. The second kappa shape index (κ2) is 4.22. The Bertz CT molecular complexity index is 688. The molecule has 1 aromatic heterocycles. The number of aromatic nitrogens is 2. The van der Waals surface area contributed by atoms with Gasteiger partial charge in [0, 0.05) is 11.8 Å². The van der Waals surface area contributed by atoms with Crippen LogP contribution in [0.4, 0.5) is 5.82 Å². The molecule has 0 aliphatic heterocycles. The van der Waals surface area contributed by atoms with Crippen LogP contribution in [-0.4, -0.2) is 29.6 Å². The van der Waals surface area contributed by atoms with Crippen molar-refractivity contribution in [2.75, 3.05) is 6.26 Å². The van der Waals surface area contributed by atoms with Crippen molar-refractivity contribution in [1.29, 1.82) is 0 Å². The summed E-state index contributed by atoms with van der Waals surface area (Å²) in [7, 11) is -3.25. The maximum Gasteiger partial charge on any atom is 0.340 e. The number of sulfone groups is 1. The predicted molar refractivity (Wildman–Crippen MR) is 63.8 cm³/mol. The van der Waals surface area contributed by atoms with Gasteiger partial charge in [-0.3, -0.25) is 0 Å². The number of imidazole rings is 1. The summed E-state index contributed by atoms with van der Waals surface area (Å²) < 4.78 is 22.5. The average Bonchev–Trinajstić information content (AvgIpc) is 2.77. The summed E-state index contributed by atoms with van der Waals surface area (Å²) >= 11 is 0. The molecular formula is C10H9N3O4S. The van der Waals surface area contributed by atoms with Gasteiger partial charge in [0.05, 0.1) is 4.90 Å². The van der Waals surface area contributed by atoms with Crippen LogP contribution in [-0.2, 0) is 9.84 Å². The molecular weight excluding hydrogens is 258 g/mol. The van der Waals surface area contributed by atoms with Crippen molar-refractivity contribution in [1.82, 2.24) is 9.97 Å². The fourth-order valence-electron chi connectivity index (χ4n) is 1.41. The Morgan fingerprint density at radius 2 is 1.89 bits per heavy atom. The zero-order valence-electron chi connectivity index (χ0n) is 9.32. The second-order valence-corrected chi connectivity index (χ2v) is 5.69. The lowest BCUT2D eigenvalue weighted by Gasteiger charge is -1.98. The van der Waals surface area contributed by atoms with Gasteiger partial charge in [-0.2, -0.15) is 0 Å². The lowest BCUT2D eigenvalue weighted by Crippen LogP contribution is -1.96. The minimum atomic E-state index is -3.25. The number of hydrogen-bond acceptors (Lipinski definition) is 5. The summed E-state index contributed by atoms with van der Waals surface area (Å²) in [5.74, 6) is 0.110. The van der Waals surface area contributed by atoms with Gasteiger partial charge in [-0.1, -0.05) is 0 Å². The summed E-state index contributed by atoms with van der Waals surface area (Å²) in [4.78, 5) is 16.5. The highest BCUT2D eigenvalue weighted by Crippen LogP contribution is 2.20. The molecule has 0 radical (unpaired) electrons. The molecule has 0 unspecified atom stereocenters. The van der Waals surface area contributed by atoms with E-state index in [0.29, 0.717) is 11.4 Å². The number of hydrogen-bond donors (Lipinski definition) is 1. The molecule has 2 aromatic rings. The fourth-order valence-corrected chi connectivity index (χ4v) is 2.04. The Hall–Kier alpha value is -2.22. The molecule has 7 nitrogen and oxygen atoms in total.